The number of carbonyl (C=O) groups is 2. The standard InChI is InChI=1S/C33H38F3N3O4/c1-20-5-8-25(35)30(37-20)31(2,3)15-23(40)16-33(18-39(19-33)22-9-11-32(4,42)12-10-22)17-28(41)27-14-29(43-38-27)24-7-6-21(34)13-26(24)36/h5-8,13-14,22,42H,9-12,15-19H2,1-4H3. The Balaban J connectivity index is 1.33. The lowest BCUT2D eigenvalue weighted by Gasteiger charge is -2.54. The van der Waals surface area contributed by atoms with E-state index in [1.54, 1.807) is 26.8 Å². The minimum atomic E-state index is -0.850. The number of carbonyl (C=O) groups excluding carboxylic acids is 2. The van der Waals surface area contributed by atoms with Crippen LogP contribution in [0.25, 0.3) is 11.3 Å². The summed E-state index contributed by atoms with van der Waals surface area (Å²) in [4.78, 5) is 33.7. The molecule has 2 aliphatic rings. The van der Waals surface area contributed by atoms with Crippen LogP contribution in [0.3, 0.4) is 0 Å². The number of aromatic nitrogens is 2. The Bertz CT molecular complexity index is 1520. The molecule has 1 aliphatic heterocycles. The number of aryl methyl sites for hydroxylation is 1. The summed E-state index contributed by atoms with van der Waals surface area (Å²) in [6, 6.07) is 7.58. The zero-order valence-electron chi connectivity index (χ0n) is 25.1. The second-order valence-electron chi connectivity index (χ2n) is 13.5. The van der Waals surface area contributed by atoms with Gasteiger partial charge in [0.05, 0.1) is 16.9 Å². The summed E-state index contributed by atoms with van der Waals surface area (Å²) in [6.07, 6.45) is 3.22. The second-order valence-corrected chi connectivity index (χ2v) is 13.5. The molecule has 0 bridgehead atoms. The van der Waals surface area contributed by atoms with E-state index < -0.39 is 33.9 Å². The van der Waals surface area contributed by atoms with E-state index in [-0.39, 0.29) is 59.6 Å². The molecule has 230 valence electrons. The summed E-state index contributed by atoms with van der Waals surface area (Å²) in [5.74, 6) is -2.46. The fraction of sp³-hybridized carbons (Fsp3) is 0.515. The van der Waals surface area contributed by atoms with Gasteiger partial charge in [0.15, 0.2) is 11.5 Å². The van der Waals surface area contributed by atoms with Gasteiger partial charge in [0.1, 0.15) is 28.9 Å². The molecule has 1 aliphatic carbocycles. The predicted octanol–water partition coefficient (Wildman–Crippen LogP) is 6.36. The van der Waals surface area contributed by atoms with Gasteiger partial charge in [0.2, 0.25) is 0 Å². The molecular weight excluding hydrogens is 559 g/mol. The average Bonchev–Trinajstić information content (AvgIpc) is 3.38. The van der Waals surface area contributed by atoms with Crippen LogP contribution in [0.5, 0.6) is 0 Å². The fourth-order valence-corrected chi connectivity index (χ4v) is 6.67. The van der Waals surface area contributed by atoms with Gasteiger partial charge in [-0.2, -0.15) is 0 Å². The molecular formula is C33H38F3N3O4. The molecule has 5 rings (SSSR count). The van der Waals surface area contributed by atoms with Crippen LogP contribution in [0.1, 0.15) is 87.6 Å². The first-order valence-corrected chi connectivity index (χ1v) is 14.7. The molecule has 1 N–H and O–H groups in total. The molecule has 43 heavy (non-hydrogen) atoms. The molecule has 1 aromatic carbocycles. The van der Waals surface area contributed by atoms with Gasteiger partial charge in [0, 0.05) is 67.1 Å². The highest BCUT2D eigenvalue weighted by Gasteiger charge is 2.49. The zero-order valence-corrected chi connectivity index (χ0v) is 25.1. The topological polar surface area (TPSA) is 96.5 Å². The fourth-order valence-electron chi connectivity index (χ4n) is 6.67. The van der Waals surface area contributed by atoms with Crippen LogP contribution < -0.4 is 0 Å². The number of Topliss-reactive ketones (excluding diaryl/α,β-unsaturated/α-hetero) is 2. The van der Waals surface area contributed by atoms with E-state index in [2.05, 4.69) is 15.0 Å². The lowest BCUT2D eigenvalue weighted by Crippen LogP contribution is -2.62. The molecule has 0 spiro atoms. The van der Waals surface area contributed by atoms with Gasteiger partial charge in [-0.05, 0) is 63.8 Å². The van der Waals surface area contributed by atoms with Crippen LogP contribution in [0.15, 0.2) is 40.9 Å². The van der Waals surface area contributed by atoms with Crippen molar-refractivity contribution in [2.75, 3.05) is 13.1 Å². The molecule has 0 unspecified atom stereocenters. The Labute approximate surface area is 249 Å². The third-order valence-electron chi connectivity index (χ3n) is 8.99. The summed E-state index contributed by atoms with van der Waals surface area (Å²) < 4.78 is 47.6. The molecule has 3 heterocycles. The SMILES string of the molecule is Cc1ccc(F)c(C(C)(C)CC(=O)CC2(CC(=O)c3cc(-c4ccc(F)cc4F)on3)CN(C3CCC(C)(O)CC3)C2)n1. The zero-order chi connectivity index (χ0) is 31.2. The molecule has 7 nitrogen and oxygen atoms in total. The van der Waals surface area contributed by atoms with E-state index in [1.807, 2.05) is 6.92 Å². The summed E-state index contributed by atoms with van der Waals surface area (Å²) in [5.41, 5.74) is -1.31. The highest BCUT2D eigenvalue weighted by atomic mass is 19.1. The number of ketones is 2. The Morgan fingerprint density at radius 1 is 1.05 bits per heavy atom. The second kappa shape index (κ2) is 11.6. The normalized spacial score (nSPS) is 22.3. The first kappa shape index (κ1) is 31.1. The van der Waals surface area contributed by atoms with Gasteiger partial charge >= 0.3 is 0 Å². The van der Waals surface area contributed by atoms with Crippen molar-refractivity contribution < 1.29 is 32.4 Å². The molecule has 10 heteroatoms. The predicted molar refractivity (Wildman–Crippen MR) is 154 cm³/mol. The van der Waals surface area contributed by atoms with E-state index in [0.29, 0.717) is 31.6 Å². The van der Waals surface area contributed by atoms with Crippen molar-refractivity contribution in [2.45, 2.75) is 89.7 Å². The number of halogens is 3. The largest absolute Gasteiger partial charge is 0.390 e. The smallest absolute Gasteiger partial charge is 0.185 e. The third kappa shape index (κ3) is 6.91. The van der Waals surface area contributed by atoms with Gasteiger partial charge in [-0.3, -0.25) is 19.5 Å². The maximum atomic E-state index is 14.7. The average molecular weight is 598 g/mol. The number of nitrogens with zero attached hydrogens (tertiary/aromatic N) is 3. The van der Waals surface area contributed by atoms with Crippen LogP contribution in [-0.4, -0.2) is 56.4 Å². The van der Waals surface area contributed by atoms with Crippen molar-refractivity contribution in [3.05, 3.63) is 70.9 Å². The molecule has 0 amide bonds. The van der Waals surface area contributed by atoms with E-state index in [0.717, 1.165) is 25.0 Å². The molecule has 2 fully saturated rings. The van der Waals surface area contributed by atoms with Crippen LogP contribution in [0.4, 0.5) is 13.2 Å². The van der Waals surface area contributed by atoms with Gasteiger partial charge in [-0.1, -0.05) is 19.0 Å². The Morgan fingerprint density at radius 3 is 2.42 bits per heavy atom. The molecule has 0 radical (unpaired) electrons. The third-order valence-corrected chi connectivity index (χ3v) is 8.99. The monoisotopic (exact) mass is 597 g/mol. The van der Waals surface area contributed by atoms with Crippen LogP contribution in [0.2, 0.25) is 0 Å². The highest BCUT2D eigenvalue weighted by molar-refractivity contribution is 5.96. The summed E-state index contributed by atoms with van der Waals surface area (Å²) in [6.45, 7) is 8.24. The number of likely N-dealkylation sites (tertiary alicyclic amines) is 1. The quantitative estimate of drug-likeness (QED) is 0.272. The maximum Gasteiger partial charge on any atom is 0.185 e. The van der Waals surface area contributed by atoms with Crippen molar-refractivity contribution >= 4 is 11.6 Å². The molecule has 0 atom stereocenters. The Kier molecular flexibility index (Phi) is 8.39. The van der Waals surface area contributed by atoms with Crippen molar-refractivity contribution in [1.82, 2.24) is 15.0 Å². The lowest BCUT2D eigenvalue weighted by atomic mass is 9.68. The molecule has 1 saturated carbocycles. The minimum absolute atomic E-state index is 0.00377. The number of rotatable bonds is 10. The minimum Gasteiger partial charge on any atom is -0.390 e. The molecule has 3 aromatic rings. The highest BCUT2D eigenvalue weighted by Crippen LogP contribution is 2.44. The van der Waals surface area contributed by atoms with Crippen molar-refractivity contribution in [3.8, 4) is 11.3 Å². The van der Waals surface area contributed by atoms with E-state index in [9.17, 15) is 27.9 Å². The van der Waals surface area contributed by atoms with Gasteiger partial charge in [-0.15, -0.1) is 0 Å². The maximum absolute atomic E-state index is 14.7. The van der Waals surface area contributed by atoms with Crippen molar-refractivity contribution in [3.63, 3.8) is 0 Å². The van der Waals surface area contributed by atoms with Crippen LogP contribution >= 0.6 is 0 Å². The summed E-state index contributed by atoms with van der Waals surface area (Å²) >= 11 is 0. The number of hydrogen-bond acceptors (Lipinski definition) is 7. The van der Waals surface area contributed by atoms with E-state index in [4.69, 9.17) is 4.52 Å². The van der Waals surface area contributed by atoms with Gasteiger partial charge < -0.3 is 9.63 Å². The lowest BCUT2D eigenvalue weighted by molar-refractivity contribution is -0.128. The van der Waals surface area contributed by atoms with Crippen molar-refractivity contribution in [1.29, 1.82) is 0 Å². The number of pyridine rings is 1. The van der Waals surface area contributed by atoms with Crippen molar-refractivity contribution in [2.24, 2.45) is 5.41 Å². The van der Waals surface area contributed by atoms with Gasteiger partial charge in [-0.25, -0.2) is 13.2 Å². The molecule has 2 aromatic heterocycles. The van der Waals surface area contributed by atoms with E-state index >= 15 is 0 Å². The number of hydrogen-bond donors (Lipinski definition) is 1. The number of benzene rings is 1. The molecule has 1 saturated heterocycles. The van der Waals surface area contributed by atoms with Gasteiger partial charge in [0.25, 0.3) is 0 Å². The summed E-state index contributed by atoms with van der Waals surface area (Å²) in [7, 11) is 0. The van der Waals surface area contributed by atoms with E-state index in [1.165, 1.54) is 18.2 Å². The van der Waals surface area contributed by atoms with Crippen LogP contribution in [0, 0.1) is 29.8 Å². The number of aliphatic hydroxyl groups is 1. The first-order chi connectivity index (χ1) is 20.2. The summed E-state index contributed by atoms with van der Waals surface area (Å²) in [5, 5.41) is 14.2. The first-order valence-electron chi connectivity index (χ1n) is 14.7. The Hall–Kier alpha value is -3.37. The Morgan fingerprint density at radius 2 is 1.74 bits per heavy atom. The van der Waals surface area contributed by atoms with Crippen LogP contribution in [-0.2, 0) is 10.2 Å².